The molecule has 1 rings (SSSR count). The molecule has 0 saturated heterocycles. The first-order valence-corrected chi connectivity index (χ1v) is 4.81. The molecule has 1 unspecified atom stereocenters. The van der Waals surface area contributed by atoms with Crippen molar-refractivity contribution in [2.45, 2.75) is 19.4 Å². The van der Waals surface area contributed by atoms with Crippen molar-refractivity contribution in [1.29, 1.82) is 0 Å². The topological polar surface area (TPSA) is 13.6 Å². The van der Waals surface area contributed by atoms with Gasteiger partial charge in [-0.25, -0.2) is 6.57 Å². The number of hydrogen-bond donors (Lipinski definition) is 0. The molecule has 2 heteroatoms. The van der Waals surface area contributed by atoms with Crippen molar-refractivity contribution in [3.8, 4) is 0 Å². The maximum atomic E-state index is 6.68. The SMILES string of the molecule is [C-]#[N+]CC(C)OCCc1ccccc1. The van der Waals surface area contributed by atoms with Crippen LogP contribution >= 0.6 is 0 Å². The Bertz CT molecular complexity index is 289. The molecule has 0 aliphatic heterocycles. The molecular weight excluding hydrogens is 174 g/mol. The molecule has 0 N–H and O–H groups in total. The number of benzene rings is 1. The lowest BCUT2D eigenvalue weighted by molar-refractivity contribution is 0.0793. The van der Waals surface area contributed by atoms with Gasteiger partial charge in [-0.15, -0.1) is 0 Å². The van der Waals surface area contributed by atoms with Gasteiger partial charge >= 0.3 is 0 Å². The van der Waals surface area contributed by atoms with Crippen LogP contribution < -0.4 is 0 Å². The normalized spacial score (nSPS) is 12.0. The fraction of sp³-hybridized carbons (Fsp3) is 0.417. The smallest absolute Gasteiger partial charge is 0.240 e. The van der Waals surface area contributed by atoms with E-state index in [0.29, 0.717) is 13.2 Å². The minimum atomic E-state index is 0.0520. The third-order valence-electron chi connectivity index (χ3n) is 1.98. The van der Waals surface area contributed by atoms with E-state index in [1.807, 2.05) is 25.1 Å². The first-order chi connectivity index (χ1) is 6.83. The molecule has 1 aromatic rings. The van der Waals surface area contributed by atoms with Crippen molar-refractivity contribution in [3.63, 3.8) is 0 Å². The molecule has 0 aromatic heterocycles. The Morgan fingerprint density at radius 3 is 2.71 bits per heavy atom. The van der Waals surface area contributed by atoms with Gasteiger partial charge in [-0.3, -0.25) is 0 Å². The van der Waals surface area contributed by atoms with E-state index in [1.165, 1.54) is 5.56 Å². The van der Waals surface area contributed by atoms with Gasteiger partial charge in [0.1, 0.15) is 6.10 Å². The number of ether oxygens (including phenoxy) is 1. The lowest BCUT2D eigenvalue weighted by Gasteiger charge is -2.06. The van der Waals surface area contributed by atoms with Crippen LogP contribution in [0.3, 0.4) is 0 Å². The van der Waals surface area contributed by atoms with E-state index in [4.69, 9.17) is 11.3 Å². The Labute approximate surface area is 85.3 Å². The molecule has 0 spiro atoms. The van der Waals surface area contributed by atoms with Gasteiger partial charge in [-0.1, -0.05) is 30.3 Å². The highest BCUT2D eigenvalue weighted by molar-refractivity contribution is 5.14. The van der Waals surface area contributed by atoms with Crippen molar-refractivity contribution in [3.05, 3.63) is 47.3 Å². The zero-order valence-corrected chi connectivity index (χ0v) is 8.44. The van der Waals surface area contributed by atoms with Crippen molar-refractivity contribution in [2.24, 2.45) is 0 Å². The molecule has 0 fully saturated rings. The predicted molar refractivity (Wildman–Crippen MR) is 57.0 cm³/mol. The average Bonchev–Trinajstić information content (AvgIpc) is 2.20. The minimum absolute atomic E-state index is 0.0520. The fourth-order valence-corrected chi connectivity index (χ4v) is 1.20. The molecule has 0 radical (unpaired) electrons. The van der Waals surface area contributed by atoms with Gasteiger partial charge < -0.3 is 9.58 Å². The lowest BCUT2D eigenvalue weighted by atomic mass is 10.2. The summed E-state index contributed by atoms with van der Waals surface area (Å²) in [5.74, 6) is 0. The molecule has 1 atom stereocenters. The van der Waals surface area contributed by atoms with Crippen LogP contribution in [0.4, 0.5) is 0 Å². The molecule has 0 aliphatic rings. The second kappa shape index (κ2) is 6.17. The van der Waals surface area contributed by atoms with E-state index in [2.05, 4.69) is 17.0 Å². The summed E-state index contributed by atoms with van der Waals surface area (Å²) in [5, 5.41) is 0. The van der Waals surface area contributed by atoms with Gasteiger partial charge in [-0.2, -0.15) is 0 Å². The Kier molecular flexibility index (Phi) is 4.74. The summed E-state index contributed by atoms with van der Waals surface area (Å²) in [6, 6.07) is 10.2. The number of hydrogen-bond acceptors (Lipinski definition) is 1. The predicted octanol–water partition coefficient (Wildman–Crippen LogP) is 2.55. The van der Waals surface area contributed by atoms with Crippen molar-refractivity contribution in [2.75, 3.05) is 13.2 Å². The summed E-state index contributed by atoms with van der Waals surface area (Å²) in [6.45, 7) is 9.76. The van der Waals surface area contributed by atoms with E-state index in [0.717, 1.165) is 6.42 Å². The summed E-state index contributed by atoms with van der Waals surface area (Å²) in [4.78, 5) is 3.29. The van der Waals surface area contributed by atoms with Crippen LogP contribution in [0.25, 0.3) is 4.85 Å². The van der Waals surface area contributed by atoms with Gasteiger partial charge in [0.05, 0.1) is 6.61 Å². The Morgan fingerprint density at radius 2 is 2.07 bits per heavy atom. The highest BCUT2D eigenvalue weighted by Gasteiger charge is 2.03. The molecular formula is C12H15NO. The third-order valence-corrected chi connectivity index (χ3v) is 1.98. The molecule has 0 amide bonds. The van der Waals surface area contributed by atoms with E-state index in [-0.39, 0.29) is 6.10 Å². The summed E-state index contributed by atoms with van der Waals surface area (Å²) < 4.78 is 5.47. The van der Waals surface area contributed by atoms with Crippen LogP contribution in [0.15, 0.2) is 30.3 Å². The molecule has 0 bridgehead atoms. The Morgan fingerprint density at radius 1 is 1.36 bits per heavy atom. The maximum absolute atomic E-state index is 6.68. The largest absolute Gasteiger partial charge is 0.370 e. The van der Waals surface area contributed by atoms with E-state index in [1.54, 1.807) is 0 Å². The van der Waals surface area contributed by atoms with Crippen LogP contribution in [-0.2, 0) is 11.2 Å². The van der Waals surface area contributed by atoms with E-state index < -0.39 is 0 Å². The third kappa shape index (κ3) is 4.06. The number of rotatable bonds is 5. The zero-order chi connectivity index (χ0) is 10.2. The van der Waals surface area contributed by atoms with Crippen LogP contribution in [-0.4, -0.2) is 19.3 Å². The standard InChI is InChI=1S/C12H15NO/c1-11(10-13-2)14-9-8-12-6-4-3-5-7-12/h3-7,11H,8-10H2,1H3. The Hall–Kier alpha value is -1.33. The van der Waals surface area contributed by atoms with E-state index >= 15 is 0 Å². The first-order valence-electron chi connectivity index (χ1n) is 4.81. The monoisotopic (exact) mass is 189 g/mol. The van der Waals surface area contributed by atoms with Crippen LogP contribution in [0.2, 0.25) is 0 Å². The maximum Gasteiger partial charge on any atom is 0.240 e. The van der Waals surface area contributed by atoms with Gasteiger partial charge in [0, 0.05) is 0 Å². The van der Waals surface area contributed by atoms with Crippen LogP contribution in [0.5, 0.6) is 0 Å². The van der Waals surface area contributed by atoms with Gasteiger partial charge in [0.2, 0.25) is 6.54 Å². The zero-order valence-electron chi connectivity index (χ0n) is 8.44. The molecule has 1 aromatic carbocycles. The quantitative estimate of drug-likeness (QED) is 0.649. The van der Waals surface area contributed by atoms with Crippen LogP contribution in [0.1, 0.15) is 12.5 Å². The number of nitrogens with zero attached hydrogens (tertiary/aromatic N) is 1. The molecule has 74 valence electrons. The van der Waals surface area contributed by atoms with Gasteiger partial charge in [0.15, 0.2) is 0 Å². The van der Waals surface area contributed by atoms with Crippen molar-refractivity contribution >= 4 is 0 Å². The average molecular weight is 189 g/mol. The molecule has 0 aliphatic carbocycles. The van der Waals surface area contributed by atoms with Crippen molar-refractivity contribution < 1.29 is 4.74 Å². The van der Waals surface area contributed by atoms with Crippen LogP contribution in [0, 0.1) is 6.57 Å². The Balaban J connectivity index is 2.19. The highest BCUT2D eigenvalue weighted by atomic mass is 16.5. The molecule has 2 nitrogen and oxygen atoms in total. The van der Waals surface area contributed by atoms with Gasteiger partial charge in [-0.05, 0) is 18.9 Å². The highest BCUT2D eigenvalue weighted by Crippen LogP contribution is 2.01. The molecule has 14 heavy (non-hydrogen) atoms. The summed E-state index contributed by atoms with van der Waals surface area (Å²) >= 11 is 0. The summed E-state index contributed by atoms with van der Waals surface area (Å²) in [5.41, 5.74) is 1.28. The molecule has 0 saturated carbocycles. The summed E-state index contributed by atoms with van der Waals surface area (Å²) in [7, 11) is 0. The first kappa shape index (κ1) is 10.7. The summed E-state index contributed by atoms with van der Waals surface area (Å²) in [6.07, 6.45) is 0.972. The fourth-order valence-electron chi connectivity index (χ4n) is 1.20. The van der Waals surface area contributed by atoms with E-state index in [9.17, 15) is 0 Å². The second-order valence-electron chi connectivity index (χ2n) is 3.26. The molecule has 0 heterocycles. The van der Waals surface area contributed by atoms with Crippen molar-refractivity contribution in [1.82, 2.24) is 0 Å². The lowest BCUT2D eigenvalue weighted by Crippen LogP contribution is -2.13. The second-order valence-corrected chi connectivity index (χ2v) is 3.26. The van der Waals surface area contributed by atoms with Gasteiger partial charge in [0.25, 0.3) is 0 Å². The minimum Gasteiger partial charge on any atom is -0.370 e.